The number of hydrogen-bond acceptors (Lipinski definition) is 3. The van der Waals surface area contributed by atoms with Gasteiger partial charge in [0.05, 0.1) is 11.6 Å². The van der Waals surface area contributed by atoms with Crippen LogP contribution in [0.5, 0.6) is 0 Å². The molecule has 0 aliphatic heterocycles. The van der Waals surface area contributed by atoms with Gasteiger partial charge >= 0.3 is 0 Å². The van der Waals surface area contributed by atoms with Gasteiger partial charge in [0, 0.05) is 5.39 Å². The second-order valence-electron chi connectivity index (χ2n) is 5.78. The molecule has 0 aliphatic rings. The Bertz CT molecular complexity index is 1230. The van der Waals surface area contributed by atoms with Gasteiger partial charge < -0.3 is 0 Å². The topological polar surface area (TPSA) is 43.4 Å². The summed E-state index contributed by atoms with van der Waals surface area (Å²) in [6.07, 6.45) is 0. The van der Waals surface area contributed by atoms with E-state index < -0.39 is 10.1 Å². The first-order chi connectivity index (χ1) is 12.0. The molecule has 0 aromatic heterocycles. The lowest BCUT2D eigenvalue weighted by molar-refractivity contribution is 0.338. The minimum atomic E-state index is -3.91. The van der Waals surface area contributed by atoms with Crippen LogP contribution in [0, 0.1) is 0 Å². The zero-order valence-corrected chi connectivity index (χ0v) is 15.1. The largest absolute Gasteiger partial charge is 0.299 e. The van der Waals surface area contributed by atoms with Crippen molar-refractivity contribution in [1.29, 1.82) is 0 Å². The summed E-state index contributed by atoms with van der Waals surface area (Å²) in [7, 11) is -3.91. The maximum atomic E-state index is 12.5. The minimum absolute atomic E-state index is 0.0311. The van der Waals surface area contributed by atoms with Crippen molar-refractivity contribution in [2.45, 2.75) is 11.8 Å². The molecular formula is C20H15ClO3S. The number of halogens is 1. The fourth-order valence-electron chi connectivity index (χ4n) is 3.32. The molecule has 5 heteroatoms. The van der Waals surface area contributed by atoms with Crippen molar-refractivity contribution in [3.8, 4) is 0 Å². The van der Waals surface area contributed by atoms with Crippen LogP contribution in [0.3, 0.4) is 0 Å². The Labute approximate surface area is 150 Å². The van der Waals surface area contributed by atoms with E-state index in [9.17, 15) is 8.42 Å². The molecule has 0 heterocycles. The van der Waals surface area contributed by atoms with Crippen molar-refractivity contribution >= 4 is 54.0 Å². The smallest absolute Gasteiger partial charge is 0.267 e. The molecule has 25 heavy (non-hydrogen) atoms. The van der Waals surface area contributed by atoms with E-state index in [0.29, 0.717) is 5.39 Å². The van der Waals surface area contributed by atoms with Crippen molar-refractivity contribution in [2.24, 2.45) is 0 Å². The first-order valence-electron chi connectivity index (χ1n) is 7.95. The lowest BCUT2D eigenvalue weighted by atomic mass is 9.97. The molecule has 0 bridgehead atoms. The van der Waals surface area contributed by atoms with Gasteiger partial charge in [-0.05, 0) is 39.9 Å². The number of benzene rings is 4. The molecule has 4 aromatic rings. The summed E-state index contributed by atoms with van der Waals surface area (Å²) in [5, 5.41) is 5.92. The molecule has 3 nitrogen and oxygen atoms in total. The van der Waals surface area contributed by atoms with Crippen molar-refractivity contribution < 1.29 is 12.6 Å². The second kappa shape index (κ2) is 5.99. The quantitative estimate of drug-likeness (QED) is 0.352. The Kier molecular flexibility index (Phi) is 3.91. The molecular weight excluding hydrogens is 356 g/mol. The van der Waals surface area contributed by atoms with Gasteiger partial charge in [0.25, 0.3) is 10.1 Å². The number of rotatable bonds is 3. The maximum absolute atomic E-state index is 12.5. The van der Waals surface area contributed by atoms with E-state index in [0.717, 1.165) is 26.9 Å². The van der Waals surface area contributed by atoms with Gasteiger partial charge in [0.1, 0.15) is 4.90 Å². The van der Waals surface area contributed by atoms with Crippen LogP contribution in [-0.4, -0.2) is 15.0 Å². The zero-order valence-electron chi connectivity index (χ0n) is 13.5. The molecule has 0 saturated heterocycles. The van der Waals surface area contributed by atoms with Gasteiger partial charge in [-0.15, -0.1) is 0 Å². The average Bonchev–Trinajstić information content (AvgIpc) is 2.60. The van der Waals surface area contributed by atoms with Crippen molar-refractivity contribution in [3.05, 3.63) is 65.7 Å². The summed E-state index contributed by atoms with van der Waals surface area (Å²) in [5.74, 6) is 0. The van der Waals surface area contributed by atoms with Crippen LogP contribution in [-0.2, 0) is 14.3 Å². The summed E-state index contributed by atoms with van der Waals surface area (Å²) in [6, 6.07) is 19.4. The predicted octanol–water partition coefficient (Wildman–Crippen LogP) is 5.52. The van der Waals surface area contributed by atoms with Crippen molar-refractivity contribution in [2.75, 3.05) is 6.61 Å². The van der Waals surface area contributed by atoms with Crippen LogP contribution in [0.2, 0.25) is 5.02 Å². The lowest BCUT2D eigenvalue weighted by Crippen LogP contribution is -2.07. The van der Waals surface area contributed by atoms with Crippen LogP contribution < -0.4 is 0 Å². The van der Waals surface area contributed by atoms with Crippen molar-refractivity contribution in [3.63, 3.8) is 0 Å². The van der Waals surface area contributed by atoms with Crippen LogP contribution in [0.15, 0.2) is 65.6 Å². The fraction of sp³-hybridized carbons (Fsp3) is 0.100. The molecule has 0 N–H and O–H groups in total. The van der Waals surface area contributed by atoms with Gasteiger partial charge in [0.15, 0.2) is 0 Å². The molecule has 0 aliphatic carbocycles. The predicted molar refractivity (Wildman–Crippen MR) is 103 cm³/mol. The molecule has 0 amide bonds. The number of fused-ring (bicyclic) bond motifs is 5. The first-order valence-corrected chi connectivity index (χ1v) is 9.73. The van der Waals surface area contributed by atoms with Crippen LogP contribution >= 0.6 is 11.6 Å². The van der Waals surface area contributed by atoms with Gasteiger partial charge in [-0.2, -0.15) is 8.42 Å². The van der Waals surface area contributed by atoms with E-state index in [-0.39, 0.29) is 16.5 Å². The molecule has 0 spiro atoms. The summed E-state index contributed by atoms with van der Waals surface area (Å²) < 4.78 is 30.0. The molecule has 0 unspecified atom stereocenters. The summed E-state index contributed by atoms with van der Waals surface area (Å²) in [5.41, 5.74) is 0. The maximum Gasteiger partial charge on any atom is 0.299 e. The highest BCUT2D eigenvalue weighted by molar-refractivity contribution is 7.87. The molecule has 126 valence electrons. The third kappa shape index (κ3) is 2.58. The normalized spacial score (nSPS) is 12.2. The Morgan fingerprint density at radius 3 is 2.20 bits per heavy atom. The molecule has 4 rings (SSSR count). The highest BCUT2D eigenvalue weighted by Crippen LogP contribution is 2.37. The standard InChI is InChI=1S/C20H15ClO3S/c1-2-24-25(22,23)20-18-10-9-15-14-6-4-3-5-13(14)7-8-16(15)17(18)11-12-19(20)21/h3-12H,2H2,1H3. The highest BCUT2D eigenvalue weighted by Gasteiger charge is 2.22. The molecule has 0 saturated carbocycles. The molecule has 0 fully saturated rings. The van der Waals surface area contributed by atoms with E-state index in [4.69, 9.17) is 15.8 Å². The number of hydrogen-bond donors (Lipinski definition) is 0. The first kappa shape index (κ1) is 16.3. The lowest BCUT2D eigenvalue weighted by Gasteiger charge is -2.12. The van der Waals surface area contributed by atoms with E-state index in [2.05, 4.69) is 12.1 Å². The second-order valence-corrected chi connectivity index (χ2v) is 7.74. The monoisotopic (exact) mass is 370 g/mol. The molecule has 0 radical (unpaired) electrons. The van der Waals surface area contributed by atoms with E-state index in [1.807, 2.05) is 42.5 Å². The Morgan fingerprint density at radius 2 is 1.40 bits per heavy atom. The summed E-state index contributed by atoms with van der Waals surface area (Å²) >= 11 is 6.21. The molecule has 4 aromatic carbocycles. The van der Waals surface area contributed by atoms with Gasteiger partial charge in [-0.1, -0.05) is 66.2 Å². The van der Waals surface area contributed by atoms with Gasteiger partial charge in [0.2, 0.25) is 0 Å². The third-order valence-electron chi connectivity index (χ3n) is 4.35. The van der Waals surface area contributed by atoms with E-state index in [1.165, 1.54) is 0 Å². The van der Waals surface area contributed by atoms with Gasteiger partial charge in [-0.25, -0.2) is 0 Å². The van der Waals surface area contributed by atoms with E-state index >= 15 is 0 Å². The SMILES string of the molecule is CCOS(=O)(=O)c1c(Cl)ccc2c1ccc1c3ccccc3ccc21. The minimum Gasteiger partial charge on any atom is -0.267 e. The van der Waals surface area contributed by atoms with Crippen molar-refractivity contribution in [1.82, 2.24) is 0 Å². The van der Waals surface area contributed by atoms with Crippen LogP contribution in [0.4, 0.5) is 0 Å². The highest BCUT2D eigenvalue weighted by atomic mass is 35.5. The Hall–Kier alpha value is -2.14. The Morgan fingerprint density at radius 1 is 0.800 bits per heavy atom. The summed E-state index contributed by atoms with van der Waals surface area (Å²) in [6.45, 7) is 1.70. The van der Waals surface area contributed by atoms with Gasteiger partial charge in [-0.3, -0.25) is 4.18 Å². The van der Waals surface area contributed by atoms with Crippen LogP contribution in [0.1, 0.15) is 6.92 Å². The Balaban J connectivity index is 2.15. The zero-order chi connectivity index (χ0) is 17.6. The molecule has 0 atom stereocenters. The summed E-state index contributed by atoms with van der Waals surface area (Å²) in [4.78, 5) is 0.0311. The third-order valence-corrected chi connectivity index (χ3v) is 6.26. The van der Waals surface area contributed by atoms with E-state index in [1.54, 1.807) is 13.0 Å². The van der Waals surface area contributed by atoms with Crippen LogP contribution in [0.25, 0.3) is 32.3 Å². The fourth-order valence-corrected chi connectivity index (χ4v) is 4.95. The average molecular weight is 371 g/mol.